The third kappa shape index (κ3) is 2.88. The van der Waals surface area contributed by atoms with E-state index < -0.39 is 5.97 Å². The zero-order chi connectivity index (χ0) is 17.1. The highest BCUT2D eigenvalue weighted by Crippen LogP contribution is 2.36. The van der Waals surface area contributed by atoms with Crippen molar-refractivity contribution in [1.29, 1.82) is 0 Å². The number of rotatable bonds is 4. The molecule has 24 heavy (non-hydrogen) atoms. The molecule has 0 spiro atoms. The molecule has 0 aliphatic carbocycles. The van der Waals surface area contributed by atoms with Crippen LogP contribution in [0.4, 0.5) is 0 Å². The summed E-state index contributed by atoms with van der Waals surface area (Å²) in [6, 6.07) is 12.4. The lowest BCUT2D eigenvalue weighted by atomic mass is 10.1. The van der Waals surface area contributed by atoms with Crippen LogP contribution >= 0.6 is 0 Å². The van der Waals surface area contributed by atoms with Crippen LogP contribution in [0.1, 0.15) is 15.9 Å². The summed E-state index contributed by atoms with van der Waals surface area (Å²) in [5, 5.41) is 0.628. The van der Waals surface area contributed by atoms with Gasteiger partial charge in [-0.1, -0.05) is 18.2 Å². The van der Waals surface area contributed by atoms with Gasteiger partial charge in [-0.2, -0.15) is 0 Å². The molecule has 0 saturated carbocycles. The van der Waals surface area contributed by atoms with Crippen molar-refractivity contribution < 1.29 is 19.0 Å². The number of carbonyl (C=O) groups is 1. The maximum atomic E-state index is 12.5. The highest BCUT2D eigenvalue weighted by atomic mass is 16.5. The average Bonchev–Trinajstić information content (AvgIpc) is 2.61. The van der Waals surface area contributed by atoms with Crippen molar-refractivity contribution in [2.24, 2.45) is 0 Å². The van der Waals surface area contributed by atoms with Crippen molar-refractivity contribution in [1.82, 2.24) is 4.98 Å². The fourth-order valence-electron chi connectivity index (χ4n) is 2.51. The molecule has 0 bridgehead atoms. The first-order valence-electron chi connectivity index (χ1n) is 7.42. The molecule has 0 fully saturated rings. The summed E-state index contributed by atoms with van der Waals surface area (Å²) in [6.45, 7) is 1.87. The van der Waals surface area contributed by atoms with Crippen LogP contribution in [0.5, 0.6) is 17.2 Å². The molecule has 1 aromatic heterocycles. The standard InChI is InChI=1S/C19H17NO4/c1-12-6-4-5-7-14(12)19(21)24-16-8-9-20-15-10-13(22-2)11-17(23-3)18(15)16/h4-11H,1-3H3. The molecule has 5 heteroatoms. The molecule has 1 heterocycles. The van der Waals surface area contributed by atoms with Gasteiger partial charge in [0.15, 0.2) is 0 Å². The van der Waals surface area contributed by atoms with Crippen molar-refractivity contribution in [3.63, 3.8) is 0 Å². The quantitative estimate of drug-likeness (QED) is 0.684. The van der Waals surface area contributed by atoms with Gasteiger partial charge in [0.25, 0.3) is 0 Å². The fraction of sp³-hybridized carbons (Fsp3) is 0.158. The van der Waals surface area contributed by atoms with Gasteiger partial charge in [0.1, 0.15) is 17.2 Å². The first-order chi connectivity index (χ1) is 11.6. The number of ether oxygens (including phenoxy) is 3. The Hall–Kier alpha value is -3.08. The van der Waals surface area contributed by atoms with E-state index >= 15 is 0 Å². The predicted molar refractivity (Wildman–Crippen MR) is 91.0 cm³/mol. The zero-order valence-electron chi connectivity index (χ0n) is 13.7. The Labute approximate surface area is 139 Å². The molecule has 5 nitrogen and oxygen atoms in total. The van der Waals surface area contributed by atoms with Gasteiger partial charge >= 0.3 is 5.97 Å². The summed E-state index contributed by atoms with van der Waals surface area (Å²) in [6.07, 6.45) is 1.58. The van der Waals surface area contributed by atoms with E-state index in [9.17, 15) is 4.79 Å². The summed E-state index contributed by atoms with van der Waals surface area (Å²) in [5.74, 6) is 1.13. The lowest BCUT2D eigenvalue weighted by Gasteiger charge is -2.12. The highest BCUT2D eigenvalue weighted by Gasteiger charge is 2.16. The minimum absolute atomic E-state index is 0.396. The van der Waals surface area contributed by atoms with Crippen molar-refractivity contribution in [3.05, 3.63) is 59.8 Å². The first kappa shape index (κ1) is 15.8. The van der Waals surface area contributed by atoms with E-state index in [2.05, 4.69) is 4.98 Å². The molecule has 0 saturated heterocycles. The van der Waals surface area contributed by atoms with E-state index in [0.29, 0.717) is 33.7 Å². The molecule has 0 N–H and O–H groups in total. The number of fused-ring (bicyclic) bond motifs is 1. The molecule has 0 aliphatic heterocycles. The average molecular weight is 323 g/mol. The van der Waals surface area contributed by atoms with Crippen LogP contribution in [0, 0.1) is 6.92 Å². The van der Waals surface area contributed by atoms with Crippen LogP contribution < -0.4 is 14.2 Å². The first-order valence-corrected chi connectivity index (χ1v) is 7.42. The Bertz CT molecular complexity index is 905. The van der Waals surface area contributed by atoms with Gasteiger partial charge in [-0.3, -0.25) is 4.98 Å². The Morgan fingerprint density at radius 1 is 1.00 bits per heavy atom. The van der Waals surface area contributed by atoms with Crippen LogP contribution in [0.25, 0.3) is 10.9 Å². The molecule has 3 rings (SSSR count). The van der Waals surface area contributed by atoms with Crippen molar-refractivity contribution >= 4 is 16.9 Å². The highest BCUT2D eigenvalue weighted by molar-refractivity contribution is 5.97. The number of aryl methyl sites for hydroxylation is 1. The Morgan fingerprint density at radius 3 is 2.50 bits per heavy atom. The topological polar surface area (TPSA) is 57.7 Å². The van der Waals surface area contributed by atoms with E-state index in [4.69, 9.17) is 14.2 Å². The van der Waals surface area contributed by atoms with Gasteiger partial charge < -0.3 is 14.2 Å². The molecule has 0 amide bonds. The van der Waals surface area contributed by atoms with Crippen molar-refractivity contribution in [2.75, 3.05) is 14.2 Å². The van der Waals surface area contributed by atoms with Gasteiger partial charge in [-0.15, -0.1) is 0 Å². The Morgan fingerprint density at radius 2 is 1.79 bits per heavy atom. The SMILES string of the molecule is COc1cc(OC)c2c(OC(=O)c3ccccc3C)ccnc2c1. The molecule has 122 valence electrons. The second-order valence-electron chi connectivity index (χ2n) is 5.24. The van der Waals surface area contributed by atoms with Crippen LogP contribution in [-0.4, -0.2) is 25.2 Å². The molecular formula is C19H17NO4. The normalized spacial score (nSPS) is 10.5. The molecule has 2 aromatic carbocycles. The van der Waals surface area contributed by atoms with E-state index in [1.165, 1.54) is 0 Å². The van der Waals surface area contributed by atoms with Gasteiger partial charge in [0.05, 0.1) is 30.7 Å². The molecule has 0 radical (unpaired) electrons. The lowest BCUT2D eigenvalue weighted by molar-refractivity contribution is 0.0736. The van der Waals surface area contributed by atoms with Crippen LogP contribution in [0.2, 0.25) is 0 Å². The second kappa shape index (κ2) is 6.58. The van der Waals surface area contributed by atoms with Gasteiger partial charge in [-0.25, -0.2) is 4.79 Å². The largest absolute Gasteiger partial charge is 0.497 e. The number of benzene rings is 2. The van der Waals surface area contributed by atoms with Gasteiger partial charge in [0, 0.05) is 24.4 Å². The van der Waals surface area contributed by atoms with E-state index in [1.807, 2.05) is 19.1 Å². The third-order valence-corrected chi connectivity index (χ3v) is 3.76. The summed E-state index contributed by atoms with van der Waals surface area (Å²) < 4.78 is 16.3. The van der Waals surface area contributed by atoms with E-state index in [0.717, 1.165) is 5.56 Å². The van der Waals surface area contributed by atoms with E-state index in [1.54, 1.807) is 50.7 Å². The number of hydrogen-bond acceptors (Lipinski definition) is 5. The molecule has 0 aliphatic rings. The molecule has 0 atom stereocenters. The number of aromatic nitrogens is 1. The maximum absolute atomic E-state index is 12.5. The van der Waals surface area contributed by atoms with Crippen LogP contribution in [0.15, 0.2) is 48.7 Å². The second-order valence-corrected chi connectivity index (χ2v) is 5.24. The zero-order valence-corrected chi connectivity index (χ0v) is 13.7. The number of methoxy groups -OCH3 is 2. The Kier molecular flexibility index (Phi) is 4.33. The molecule has 0 unspecified atom stereocenters. The fourth-order valence-corrected chi connectivity index (χ4v) is 2.51. The third-order valence-electron chi connectivity index (χ3n) is 3.76. The lowest BCUT2D eigenvalue weighted by Crippen LogP contribution is -2.10. The minimum Gasteiger partial charge on any atom is -0.497 e. The van der Waals surface area contributed by atoms with Gasteiger partial charge in [0.2, 0.25) is 0 Å². The monoisotopic (exact) mass is 323 g/mol. The smallest absolute Gasteiger partial charge is 0.343 e. The predicted octanol–water partition coefficient (Wildman–Crippen LogP) is 3.78. The van der Waals surface area contributed by atoms with Crippen LogP contribution in [0.3, 0.4) is 0 Å². The molecular weight excluding hydrogens is 306 g/mol. The number of nitrogens with zero attached hydrogens (tertiary/aromatic N) is 1. The number of carbonyl (C=O) groups excluding carboxylic acids is 1. The maximum Gasteiger partial charge on any atom is 0.343 e. The number of hydrogen-bond donors (Lipinski definition) is 0. The van der Waals surface area contributed by atoms with Gasteiger partial charge in [-0.05, 0) is 18.6 Å². The summed E-state index contributed by atoms with van der Waals surface area (Å²) in [7, 11) is 3.12. The summed E-state index contributed by atoms with van der Waals surface area (Å²) >= 11 is 0. The van der Waals surface area contributed by atoms with E-state index in [-0.39, 0.29) is 0 Å². The molecule has 3 aromatic rings. The minimum atomic E-state index is -0.418. The van der Waals surface area contributed by atoms with Crippen molar-refractivity contribution in [2.45, 2.75) is 6.92 Å². The van der Waals surface area contributed by atoms with Crippen LogP contribution in [-0.2, 0) is 0 Å². The van der Waals surface area contributed by atoms with Crippen molar-refractivity contribution in [3.8, 4) is 17.2 Å². The summed E-state index contributed by atoms with van der Waals surface area (Å²) in [4.78, 5) is 16.8. The Balaban J connectivity index is 2.07. The summed E-state index contributed by atoms with van der Waals surface area (Å²) in [5.41, 5.74) is 2.01. The number of pyridine rings is 1. The number of esters is 1.